The Morgan fingerprint density at radius 3 is 3.36 bits per heavy atom. The lowest BCUT2D eigenvalue weighted by Crippen LogP contribution is -2.42. The summed E-state index contributed by atoms with van der Waals surface area (Å²) in [5.41, 5.74) is 1.41. The largest absolute Gasteiger partial charge is 0.338 e. The minimum Gasteiger partial charge on any atom is -0.338 e. The lowest BCUT2D eigenvalue weighted by atomic mass is 10.1. The Labute approximate surface area is 87.7 Å². The van der Waals surface area contributed by atoms with E-state index < -0.39 is 0 Å². The fraction of sp³-hybridized carbons (Fsp3) is 0.500. The smallest absolute Gasteiger partial charge is 0.317 e. The minimum atomic E-state index is 0.0616. The molecule has 76 valence electrons. The molecule has 0 unspecified atom stereocenters. The zero-order chi connectivity index (χ0) is 9.97. The number of amides is 2. The van der Waals surface area contributed by atoms with Crippen molar-refractivity contribution in [3.05, 3.63) is 21.9 Å². The number of hydrogen-bond acceptors (Lipinski definition) is 2. The molecule has 2 rings (SSSR count). The maximum absolute atomic E-state index is 11.5. The number of fused-ring (bicyclic) bond motifs is 1. The molecule has 0 bridgehead atoms. The molecular formula is C10H14N2OS. The van der Waals surface area contributed by atoms with Gasteiger partial charge in [0.05, 0.1) is 6.54 Å². The summed E-state index contributed by atoms with van der Waals surface area (Å²) in [6, 6.07) is 2.22. The first-order valence-corrected chi connectivity index (χ1v) is 5.77. The first-order valence-electron chi connectivity index (χ1n) is 4.89. The monoisotopic (exact) mass is 210 g/mol. The van der Waals surface area contributed by atoms with Crippen molar-refractivity contribution in [2.24, 2.45) is 0 Å². The summed E-state index contributed by atoms with van der Waals surface area (Å²) < 4.78 is 0. The Bertz CT molecular complexity index is 335. The number of hydrogen-bond donors (Lipinski definition) is 1. The van der Waals surface area contributed by atoms with Crippen LogP contribution in [-0.4, -0.2) is 24.0 Å². The Morgan fingerprint density at radius 2 is 2.57 bits per heavy atom. The van der Waals surface area contributed by atoms with Crippen molar-refractivity contribution in [3.63, 3.8) is 0 Å². The summed E-state index contributed by atoms with van der Waals surface area (Å²) in [7, 11) is 0. The van der Waals surface area contributed by atoms with Crippen LogP contribution in [0.3, 0.4) is 0 Å². The number of rotatable bonds is 1. The van der Waals surface area contributed by atoms with Crippen LogP contribution < -0.4 is 5.32 Å². The van der Waals surface area contributed by atoms with Crippen LogP contribution in [0.2, 0.25) is 0 Å². The summed E-state index contributed by atoms with van der Waals surface area (Å²) in [5, 5.41) is 4.93. The second kappa shape index (κ2) is 4.00. The standard InChI is InChI=1S/C10H14N2OS/c1-2-11-10(13)12-5-3-8-4-6-14-9(8)7-12/h4,6H,2-3,5,7H2,1H3,(H,11,13). The van der Waals surface area contributed by atoms with E-state index in [4.69, 9.17) is 0 Å². The lowest BCUT2D eigenvalue weighted by molar-refractivity contribution is 0.194. The third-order valence-electron chi connectivity index (χ3n) is 2.44. The predicted molar refractivity (Wildman–Crippen MR) is 57.5 cm³/mol. The molecule has 2 amide bonds. The number of thiophene rings is 1. The van der Waals surface area contributed by atoms with Gasteiger partial charge in [-0.25, -0.2) is 4.79 Å². The Hall–Kier alpha value is -1.03. The van der Waals surface area contributed by atoms with E-state index in [1.807, 2.05) is 11.8 Å². The fourth-order valence-electron chi connectivity index (χ4n) is 1.67. The molecular weight excluding hydrogens is 196 g/mol. The van der Waals surface area contributed by atoms with E-state index in [1.54, 1.807) is 11.3 Å². The molecule has 1 aromatic rings. The molecule has 0 spiro atoms. The molecule has 1 aromatic heterocycles. The molecule has 0 saturated carbocycles. The molecule has 1 N–H and O–H groups in total. The van der Waals surface area contributed by atoms with Crippen molar-refractivity contribution in [2.75, 3.05) is 13.1 Å². The summed E-state index contributed by atoms with van der Waals surface area (Å²) in [6.07, 6.45) is 0.996. The third kappa shape index (κ3) is 1.75. The minimum absolute atomic E-state index is 0.0616. The van der Waals surface area contributed by atoms with Gasteiger partial charge in [0.15, 0.2) is 0 Å². The Balaban J connectivity index is 2.04. The number of nitrogens with one attached hydrogen (secondary N) is 1. The summed E-state index contributed by atoms with van der Waals surface area (Å²) in [6.45, 7) is 4.26. The average Bonchev–Trinajstić information content (AvgIpc) is 2.64. The number of urea groups is 1. The average molecular weight is 210 g/mol. The quantitative estimate of drug-likeness (QED) is 0.753. The van der Waals surface area contributed by atoms with Crippen molar-refractivity contribution in [1.82, 2.24) is 10.2 Å². The van der Waals surface area contributed by atoms with Gasteiger partial charge in [-0.2, -0.15) is 0 Å². The lowest BCUT2D eigenvalue weighted by Gasteiger charge is -2.26. The molecule has 0 saturated heterocycles. The molecule has 14 heavy (non-hydrogen) atoms. The van der Waals surface area contributed by atoms with Crippen molar-refractivity contribution in [1.29, 1.82) is 0 Å². The predicted octanol–water partition coefficient (Wildman–Crippen LogP) is 1.84. The highest BCUT2D eigenvalue weighted by atomic mass is 32.1. The highest BCUT2D eigenvalue weighted by molar-refractivity contribution is 7.10. The molecule has 0 atom stereocenters. The molecule has 3 nitrogen and oxygen atoms in total. The molecule has 2 heterocycles. The van der Waals surface area contributed by atoms with E-state index in [-0.39, 0.29) is 6.03 Å². The van der Waals surface area contributed by atoms with Crippen LogP contribution in [0.25, 0.3) is 0 Å². The first-order chi connectivity index (χ1) is 6.81. The first kappa shape index (κ1) is 9.52. The van der Waals surface area contributed by atoms with Gasteiger partial charge >= 0.3 is 6.03 Å². The molecule has 0 aromatic carbocycles. The normalized spacial score (nSPS) is 15.1. The highest BCUT2D eigenvalue weighted by Crippen LogP contribution is 2.23. The van der Waals surface area contributed by atoms with Gasteiger partial charge in [-0.1, -0.05) is 0 Å². The van der Waals surface area contributed by atoms with Crippen LogP contribution in [0.4, 0.5) is 4.79 Å². The van der Waals surface area contributed by atoms with E-state index in [9.17, 15) is 4.79 Å². The van der Waals surface area contributed by atoms with Crippen molar-refractivity contribution in [2.45, 2.75) is 19.9 Å². The van der Waals surface area contributed by atoms with Crippen LogP contribution in [0, 0.1) is 0 Å². The number of nitrogens with zero attached hydrogens (tertiary/aromatic N) is 1. The highest BCUT2D eigenvalue weighted by Gasteiger charge is 2.20. The van der Waals surface area contributed by atoms with Crippen LogP contribution in [0.15, 0.2) is 11.4 Å². The van der Waals surface area contributed by atoms with Gasteiger partial charge in [-0.05, 0) is 30.4 Å². The zero-order valence-electron chi connectivity index (χ0n) is 8.25. The van der Waals surface area contributed by atoms with Crippen LogP contribution in [0.1, 0.15) is 17.4 Å². The zero-order valence-corrected chi connectivity index (χ0v) is 9.06. The van der Waals surface area contributed by atoms with Gasteiger partial charge in [-0.15, -0.1) is 11.3 Å². The topological polar surface area (TPSA) is 32.3 Å². The molecule has 1 aliphatic rings. The molecule has 0 fully saturated rings. The van der Waals surface area contributed by atoms with E-state index in [0.717, 1.165) is 19.5 Å². The van der Waals surface area contributed by atoms with Crippen molar-refractivity contribution >= 4 is 17.4 Å². The maximum Gasteiger partial charge on any atom is 0.317 e. The van der Waals surface area contributed by atoms with Crippen molar-refractivity contribution in [3.8, 4) is 0 Å². The summed E-state index contributed by atoms with van der Waals surface area (Å²) >= 11 is 1.74. The van der Waals surface area contributed by atoms with Gasteiger partial charge in [0.2, 0.25) is 0 Å². The SMILES string of the molecule is CCNC(=O)N1CCc2ccsc2C1. The van der Waals surface area contributed by atoms with Crippen LogP contribution >= 0.6 is 11.3 Å². The van der Waals surface area contributed by atoms with E-state index >= 15 is 0 Å². The van der Waals surface area contributed by atoms with E-state index in [2.05, 4.69) is 16.8 Å². The Morgan fingerprint density at radius 1 is 1.71 bits per heavy atom. The van der Waals surface area contributed by atoms with Gasteiger partial charge in [0.25, 0.3) is 0 Å². The van der Waals surface area contributed by atoms with Crippen LogP contribution in [-0.2, 0) is 13.0 Å². The molecule has 0 aliphatic carbocycles. The molecule has 4 heteroatoms. The van der Waals surface area contributed by atoms with Gasteiger partial charge in [0.1, 0.15) is 0 Å². The van der Waals surface area contributed by atoms with Gasteiger partial charge in [0, 0.05) is 18.0 Å². The number of carbonyl (C=O) groups is 1. The van der Waals surface area contributed by atoms with Crippen molar-refractivity contribution < 1.29 is 4.79 Å². The summed E-state index contributed by atoms with van der Waals surface area (Å²) in [4.78, 5) is 14.8. The van der Waals surface area contributed by atoms with Crippen LogP contribution in [0.5, 0.6) is 0 Å². The summed E-state index contributed by atoms with van der Waals surface area (Å²) in [5.74, 6) is 0. The second-order valence-corrected chi connectivity index (χ2v) is 4.38. The van der Waals surface area contributed by atoms with E-state index in [1.165, 1.54) is 10.4 Å². The molecule has 0 radical (unpaired) electrons. The fourth-order valence-corrected chi connectivity index (χ4v) is 2.62. The number of carbonyl (C=O) groups excluding carboxylic acids is 1. The van der Waals surface area contributed by atoms with Gasteiger partial charge in [-0.3, -0.25) is 0 Å². The third-order valence-corrected chi connectivity index (χ3v) is 3.39. The second-order valence-electron chi connectivity index (χ2n) is 3.38. The van der Waals surface area contributed by atoms with E-state index in [0.29, 0.717) is 6.54 Å². The Kier molecular flexibility index (Phi) is 2.72. The maximum atomic E-state index is 11.5. The molecule has 1 aliphatic heterocycles. The van der Waals surface area contributed by atoms with Gasteiger partial charge < -0.3 is 10.2 Å².